The molecule has 1 aromatic carbocycles. The number of pyridine rings is 1. The minimum Gasteiger partial charge on any atom is -0.398 e. The van der Waals surface area contributed by atoms with E-state index in [4.69, 9.17) is 11.5 Å². The van der Waals surface area contributed by atoms with Crippen LogP contribution < -0.4 is 11.5 Å². The first-order chi connectivity index (χ1) is 9.16. The Morgan fingerprint density at radius 1 is 1.26 bits per heavy atom. The molecule has 19 heavy (non-hydrogen) atoms. The maximum Gasteiger partial charge on any atom is 0.250 e. The van der Waals surface area contributed by atoms with E-state index in [1.54, 1.807) is 24.5 Å². The summed E-state index contributed by atoms with van der Waals surface area (Å²) in [6.45, 7) is 0. The lowest BCUT2D eigenvalue weighted by atomic mass is 10.1. The van der Waals surface area contributed by atoms with Gasteiger partial charge in [-0.25, -0.2) is 0 Å². The van der Waals surface area contributed by atoms with Crippen molar-refractivity contribution in [3.63, 3.8) is 0 Å². The molecule has 2 heterocycles. The lowest BCUT2D eigenvalue weighted by molar-refractivity contribution is 0.100. The van der Waals surface area contributed by atoms with Gasteiger partial charge in [-0.2, -0.15) is 0 Å². The molecule has 0 radical (unpaired) electrons. The van der Waals surface area contributed by atoms with E-state index in [-0.39, 0.29) is 0 Å². The summed E-state index contributed by atoms with van der Waals surface area (Å²) in [5.41, 5.74) is 14.8. The van der Waals surface area contributed by atoms with E-state index in [9.17, 15) is 4.79 Å². The number of anilines is 1. The molecule has 5 nitrogen and oxygen atoms in total. The summed E-state index contributed by atoms with van der Waals surface area (Å²) in [4.78, 5) is 18.7. The number of amides is 1. The van der Waals surface area contributed by atoms with Crippen LogP contribution in [-0.2, 0) is 0 Å². The predicted octanol–water partition coefficient (Wildman–Crippen LogP) is 1.91. The van der Waals surface area contributed by atoms with Gasteiger partial charge in [0.25, 0.3) is 5.91 Å². The van der Waals surface area contributed by atoms with Gasteiger partial charge in [0.2, 0.25) is 0 Å². The van der Waals surface area contributed by atoms with Crippen molar-refractivity contribution < 1.29 is 4.79 Å². The zero-order chi connectivity index (χ0) is 13.4. The number of nitrogen functional groups attached to an aromatic ring is 1. The number of primary amides is 1. The Hall–Kier alpha value is -2.82. The first-order valence-electron chi connectivity index (χ1n) is 5.78. The van der Waals surface area contributed by atoms with Gasteiger partial charge in [-0.1, -0.05) is 0 Å². The minimum atomic E-state index is -0.482. The van der Waals surface area contributed by atoms with Gasteiger partial charge in [0, 0.05) is 34.7 Å². The molecule has 1 amide bonds. The second-order valence-corrected chi connectivity index (χ2v) is 4.28. The van der Waals surface area contributed by atoms with Crippen LogP contribution in [0, 0.1) is 0 Å². The summed E-state index contributed by atoms with van der Waals surface area (Å²) >= 11 is 0. The van der Waals surface area contributed by atoms with Crippen LogP contribution in [0.5, 0.6) is 0 Å². The van der Waals surface area contributed by atoms with Crippen molar-refractivity contribution in [1.82, 2.24) is 9.97 Å². The second kappa shape index (κ2) is 4.13. The molecule has 0 spiro atoms. The molecule has 0 aliphatic carbocycles. The fourth-order valence-corrected chi connectivity index (χ4v) is 2.12. The quantitative estimate of drug-likeness (QED) is 0.607. The van der Waals surface area contributed by atoms with Crippen LogP contribution in [0.15, 0.2) is 42.7 Å². The number of nitrogens with zero attached hydrogens (tertiary/aromatic N) is 1. The van der Waals surface area contributed by atoms with E-state index in [1.165, 1.54) is 0 Å². The lowest BCUT2D eigenvalue weighted by Crippen LogP contribution is -2.11. The fraction of sp³-hybridized carbons (Fsp3) is 0. The molecule has 94 valence electrons. The van der Waals surface area contributed by atoms with Crippen LogP contribution in [0.3, 0.4) is 0 Å². The van der Waals surface area contributed by atoms with Gasteiger partial charge < -0.3 is 16.5 Å². The van der Waals surface area contributed by atoms with E-state index in [0.717, 1.165) is 16.6 Å². The number of fused-ring (bicyclic) bond motifs is 1. The number of H-pyrrole nitrogens is 1. The molecule has 0 bridgehead atoms. The van der Waals surface area contributed by atoms with Crippen molar-refractivity contribution in [2.24, 2.45) is 5.73 Å². The Balaban J connectivity index is 2.29. The molecule has 3 aromatic rings. The fourth-order valence-electron chi connectivity index (χ4n) is 2.12. The highest BCUT2D eigenvalue weighted by Crippen LogP contribution is 2.29. The van der Waals surface area contributed by atoms with Crippen molar-refractivity contribution in [3.8, 4) is 11.3 Å². The molecule has 0 unspecified atom stereocenters. The van der Waals surface area contributed by atoms with Crippen molar-refractivity contribution in [2.45, 2.75) is 0 Å². The Labute approximate surface area is 109 Å². The molecule has 5 N–H and O–H groups in total. The van der Waals surface area contributed by atoms with Gasteiger partial charge in [-0.3, -0.25) is 9.78 Å². The molecule has 2 aromatic heterocycles. The molecular weight excluding hydrogens is 240 g/mol. The molecule has 3 rings (SSSR count). The summed E-state index contributed by atoms with van der Waals surface area (Å²) in [6, 6.07) is 8.98. The summed E-state index contributed by atoms with van der Waals surface area (Å²) in [6.07, 6.45) is 3.44. The van der Waals surface area contributed by atoms with Gasteiger partial charge >= 0.3 is 0 Å². The molecule has 5 heteroatoms. The van der Waals surface area contributed by atoms with Gasteiger partial charge in [0.15, 0.2) is 0 Å². The number of aromatic nitrogens is 2. The summed E-state index contributed by atoms with van der Waals surface area (Å²) in [5.74, 6) is -0.482. The average Bonchev–Trinajstić information content (AvgIpc) is 2.85. The number of nitrogens with one attached hydrogen (secondary N) is 1. The first-order valence-corrected chi connectivity index (χ1v) is 5.78. The summed E-state index contributed by atoms with van der Waals surface area (Å²) in [5, 5.41) is 0.787. The standard InChI is InChI=1S/C14H12N4O/c15-11-4-3-9(14(16)19)13-10(11)6-12(18-13)8-2-1-5-17-7-8/h1-7,18H,15H2,(H2,16,19). The van der Waals surface area contributed by atoms with Crippen LogP contribution in [0.25, 0.3) is 22.2 Å². The van der Waals surface area contributed by atoms with Gasteiger partial charge in [0.05, 0.1) is 11.1 Å². The number of benzene rings is 1. The topological polar surface area (TPSA) is 97.8 Å². The minimum absolute atomic E-state index is 0.430. The normalized spacial score (nSPS) is 10.7. The predicted molar refractivity (Wildman–Crippen MR) is 74.5 cm³/mol. The number of nitrogens with two attached hydrogens (primary N) is 2. The van der Waals surface area contributed by atoms with Crippen molar-refractivity contribution in [3.05, 3.63) is 48.3 Å². The van der Waals surface area contributed by atoms with Gasteiger partial charge in [-0.05, 0) is 30.3 Å². The van der Waals surface area contributed by atoms with Crippen LogP contribution in [-0.4, -0.2) is 15.9 Å². The smallest absolute Gasteiger partial charge is 0.250 e. The highest BCUT2D eigenvalue weighted by atomic mass is 16.1. The van der Waals surface area contributed by atoms with E-state index in [0.29, 0.717) is 16.8 Å². The Morgan fingerprint density at radius 3 is 2.79 bits per heavy atom. The molecule has 0 saturated carbocycles. The lowest BCUT2D eigenvalue weighted by Gasteiger charge is -2.00. The molecule has 0 saturated heterocycles. The second-order valence-electron chi connectivity index (χ2n) is 4.28. The Bertz CT molecular complexity index is 762. The SMILES string of the molecule is NC(=O)c1ccc(N)c2cc(-c3cccnc3)[nH]c12. The average molecular weight is 252 g/mol. The van der Waals surface area contributed by atoms with Crippen molar-refractivity contribution in [1.29, 1.82) is 0 Å². The van der Waals surface area contributed by atoms with E-state index in [2.05, 4.69) is 9.97 Å². The summed E-state index contributed by atoms with van der Waals surface area (Å²) < 4.78 is 0. The molecular formula is C14H12N4O. The number of carbonyl (C=O) groups excluding carboxylic acids is 1. The number of hydrogen-bond acceptors (Lipinski definition) is 3. The number of hydrogen-bond donors (Lipinski definition) is 3. The third kappa shape index (κ3) is 1.81. The highest BCUT2D eigenvalue weighted by molar-refractivity contribution is 6.09. The molecule has 0 atom stereocenters. The monoisotopic (exact) mass is 252 g/mol. The third-order valence-corrected chi connectivity index (χ3v) is 3.07. The van der Waals surface area contributed by atoms with Crippen LogP contribution in [0.1, 0.15) is 10.4 Å². The summed E-state index contributed by atoms with van der Waals surface area (Å²) in [7, 11) is 0. The van der Waals surface area contributed by atoms with Crippen LogP contribution >= 0.6 is 0 Å². The van der Waals surface area contributed by atoms with E-state index < -0.39 is 5.91 Å². The zero-order valence-corrected chi connectivity index (χ0v) is 10.1. The maximum atomic E-state index is 11.4. The first kappa shape index (κ1) is 11.3. The number of rotatable bonds is 2. The van der Waals surface area contributed by atoms with Gasteiger partial charge in [-0.15, -0.1) is 0 Å². The molecule has 0 aliphatic heterocycles. The Kier molecular flexibility index (Phi) is 2.45. The Morgan fingerprint density at radius 2 is 2.11 bits per heavy atom. The van der Waals surface area contributed by atoms with Crippen LogP contribution in [0.2, 0.25) is 0 Å². The number of carbonyl (C=O) groups is 1. The molecule has 0 fully saturated rings. The van der Waals surface area contributed by atoms with Crippen molar-refractivity contribution in [2.75, 3.05) is 5.73 Å². The highest BCUT2D eigenvalue weighted by Gasteiger charge is 2.12. The molecule has 0 aliphatic rings. The third-order valence-electron chi connectivity index (χ3n) is 3.07. The largest absolute Gasteiger partial charge is 0.398 e. The zero-order valence-electron chi connectivity index (χ0n) is 10.1. The maximum absolute atomic E-state index is 11.4. The van der Waals surface area contributed by atoms with E-state index >= 15 is 0 Å². The number of aromatic amines is 1. The van der Waals surface area contributed by atoms with Gasteiger partial charge in [0.1, 0.15) is 0 Å². The van der Waals surface area contributed by atoms with Crippen LogP contribution in [0.4, 0.5) is 5.69 Å². The van der Waals surface area contributed by atoms with E-state index in [1.807, 2.05) is 18.2 Å². The van der Waals surface area contributed by atoms with Crippen molar-refractivity contribution >= 4 is 22.5 Å².